The van der Waals surface area contributed by atoms with Gasteiger partial charge in [-0.3, -0.25) is 0 Å². The van der Waals surface area contributed by atoms with E-state index >= 15 is 0 Å². The van der Waals surface area contributed by atoms with Gasteiger partial charge in [0, 0.05) is 21.4 Å². The van der Waals surface area contributed by atoms with E-state index < -0.39 is 0 Å². The van der Waals surface area contributed by atoms with Gasteiger partial charge in [-0.15, -0.1) is 11.3 Å². The summed E-state index contributed by atoms with van der Waals surface area (Å²) in [7, 11) is 0. The van der Waals surface area contributed by atoms with Crippen molar-refractivity contribution in [2.75, 3.05) is 4.90 Å². The Morgan fingerprint density at radius 2 is 2.00 bits per heavy atom. The third-order valence-corrected chi connectivity index (χ3v) is 4.83. The lowest BCUT2D eigenvalue weighted by molar-refractivity contribution is 0.685. The molecule has 0 spiro atoms. The quantitative estimate of drug-likeness (QED) is 0.824. The van der Waals surface area contributed by atoms with Crippen LogP contribution in [0.2, 0.25) is 0 Å². The summed E-state index contributed by atoms with van der Waals surface area (Å²) in [4.78, 5) is 3.78. The summed E-state index contributed by atoms with van der Waals surface area (Å²) in [6.45, 7) is 7.39. The second-order valence-electron chi connectivity index (χ2n) is 5.30. The predicted octanol–water partition coefficient (Wildman–Crippen LogP) is 4.95. The molecule has 20 heavy (non-hydrogen) atoms. The third kappa shape index (κ3) is 3.62. The topological polar surface area (TPSA) is 29.3 Å². The van der Waals surface area contributed by atoms with E-state index in [4.69, 9.17) is 5.73 Å². The highest BCUT2D eigenvalue weighted by Crippen LogP contribution is 2.32. The third-order valence-electron chi connectivity index (χ3n) is 3.34. The van der Waals surface area contributed by atoms with Crippen molar-refractivity contribution >= 4 is 33.0 Å². The minimum atomic E-state index is 0.0603. The molecule has 108 valence electrons. The van der Waals surface area contributed by atoms with Crippen LogP contribution in [0.5, 0.6) is 0 Å². The molecule has 2 N–H and O–H groups in total. The average Bonchev–Trinajstić information content (AvgIpc) is 2.89. The molecule has 2 nitrogen and oxygen atoms in total. The number of anilines is 1. The first-order valence-electron chi connectivity index (χ1n) is 6.83. The highest BCUT2D eigenvalue weighted by Gasteiger charge is 2.15. The molecule has 0 radical (unpaired) electrons. The molecule has 0 aliphatic heterocycles. The van der Waals surface area contributed by atoms with Gasteiger partial charge in [0.2, 0.25) is 0 Å². The van der Waals surface area contributed by atoms with E-state index in [1.54, 1.807) is 11.3 Å². The van der Waals surface area contributed by atoms with Crippen molar-refractivity contribution < 1.29 is 0 Å². The normalized spacial score (nSPS) is 12.7. The van der Waals surface area contributed by atoms with Crippen LogP contribution in [0, 0.1) is 0 Å². The fourth-order valence-electron chi connectivity index (χ4n) is 2.16. The molecule has 1 aromatic heterocycles. The van der Waals surface area contributed by atoms with E-state index in [-0.39, 0.29) is 6.04 Å². The molecule has 2 rings (SSSR count). The van der Waals surface area contributed by atoms with Crippen molar-refractivity contribution in [1.29, 1.82) is 0 Å². The zero-order chi connectivity index (χ0) is 14.7. The second-order valence-corrected chi connectivity index (χ2v) is 7.19. The Labute approximate surface area is 133 Å². The molecule has 0 amide bonds. The van der Waals surface area contributed by atoms with Gasteiger partial charge in [-0.1, -0.05) is 12.1 Å². The molecule has 1 heterocycles. The van der Waals surface area contributed by atoms with E-state index in [9.17, 15) is 0 Å². The Morgan fingerprint density at radius 3 is 2.50 bits per heavy atom. The number of nitrogens with two attached hydrogens (primary N) is 1. The molecule has 0 aliphatic rings. The molecule has 0 fully saturated rings. The highest BCUT2D eigenvalue weighted by atomic mass is 79.9. The fraction of sp³-hybridized carbons (Fsp3) is 0.375. The standard InChI is InChI=1S/C16H21BrN2S/c1-11(2)19(10-14-5-4-8-20-14)16-7-6-13(12(3)18)9-15(16)17/h4-9,11-12H,10,18H2,1-3H3. The van der Waals surface area contributed by atoms with E-state index in [0.717, 1.165) is 16.6 Å². The van der Waals surface area contributed by atoms with E-state index in [1.165, 1.54) is 10.6 Å². The molecule has 1 atom stereocenters. The van der Waals surface area contributed by atoms with Crippen molar-refractivity contribution in [3.05, 3.63) is 50.6 Å². The van der Waals surface area contributed by atoms with Gasteiger partial charge < -0.3 is 10.6 Å². The van der Waals surface area contributed by atoms with Crippen LogP contribution < -0.4 is 10.6 Å². The van der Waals surface area contributed by atoms with Gasteiger partial charge in [0.25, 0.3) is 0 Å². The van der Waals surface area contributed by atoms with Crippen LogP contribution in [-0.2, 0) is 6.54 Å². The Kier molecular flexibility index (Phi) is 5.24. The maximum atomic E-state index is 5.95. The first-order chi connectivity index (χ1) is 9.49. The SMILES string of the molecule is CC(N)c1ccc(N(Cc2cccs2)C(C)C)c(Br)c1. The monoisotopic (exact) mass is 352 g/mol. The fourth-order valence-corrected chi connectivity index (χ4v) is 3.48. The Hall–Kier alpha value is -0.840. The van der Waals surface area contributed by atoms with Crippen molar-refractivity contribution in [2.45, 2.75) is 39.4 Å². The number of rotatable bonds is 5. The van der Waals surface area contributed by atoms with Crippen LogP contribution in [-0.4, -0.2) is 6.04 Å². The lowest BCUT2D eigenvalue weighted by atomic mass is 10.1. The van der Waals surface area contributed by atoms with Gasteiger partial charge in [-0.25, -0.2) is 0 Å². The van der Waals surface area contributed by atoms with Gasteiger partial charge in [-0.2, -0.15) is 0 Å². The molecular formula is C16H21BrN2S. The van der Waals surface area contributed by atoms with Crippen LogP contribution in [0.3, 0.4) is 0 Å². The summed E-state index contributed by atoms with van der Waals surface area (Å²) in [6, 6.07) is 11.2. The lowest BCUT2D eigenvalue weighted by Crippen LogP contribution is -2.30. The summed E-state index contributed by atoms with van der Waals surface area (Å²) in [5.41, 5.74) is 8.32. The van der Waals surface area contributed by atoms with E-state index in [1.807, 2.05) is 6.92 Å². The van der Waals surface area contributed by atoms with E-state index in [0.29, 0.717) is 6.04 Å². The predicted molar refractivity (Wildman–Crippen MR) is 92.4 cm³/mol. The average molecular weight is 353 g/mol. The zero-order valence-corrected chi connectivity index (χ0v) is 14.5. The summed E-state index contributed by atoms with van der Waals surface area (Å²) in [5, 5.41) is 2.13. The maximum absolute atomic E-state index is 5.95. The van der Waals surface area contributed by atoms with Crippen molar-refractivity contribution in [1.82, 2.24) is 0 Å². The number of thiophene rings is 1. The molecule has 1 unspecified atom stereocenters. The first-order valence-corrected chi connectivity index (χ1v) is 8.50. The molecule has 1 aromatic carbocycles. The lowest BCUT2D eigenvalue weighted by Gasteiger charge is -2.30. The van der Waals surface area contributed by atoms with Gasteiger partial charge in [0.1, 0.15) is 0 Å². The smallest absolute Gasteiger partial charge is 0.0526 e. The van der Waals surface area contributed by atoms with Crippen LogP contribution >= 0.6 is 27.3 Å². The molecule has 4 heteroatoms. The number of halogens is 1. The summed E-state index contributed by atoms with van der Waals surface area (Å²) < 4.78 is 1.11. The van der Waals surface area contributed by atoms with Gasteiger partial charge in [0.05, 0.1) is 12.2 Å². The van der Waals surface area contributed by atoms with Crippen LogP contribution in [0.15, 0.2) is 40.2 Å². The van der Waals surface area contributed by atoms with Crippen LogP contribution in [0.4, 0.5) is 5.69 Å². The van der Waals surface area contributed by atoms with Crippen molar-refractivity contribution in [3.8, 4) is 0 Å². The molecule has 0 aliphatic carbocycles. The molecule has 2 aromatic rings. The van der Waals surface area contributed by atoms with Gasteiger partial charge in [0.15, 0.2) is 0 Å². The summed E-state index contributed by atoms with van der Waals surface area (Å²) >= 11 is 5.49. The Bertz CT molecular complexity index is 550. The number of benzene rings is 1. The number of nitrogens with zero attached hydrogens (tertiary/aromatic N) is 1. The number of hydrogen-bond acceptors (Lipinski definition) is 3. The minimum Gasteiger partial charge on any atom is -0.363 e. The molecule has 0 saturated carbocycles. The largest absolute Gasteiger partial charge is 0.363 e. The van der Waals surface area contributed by atoms with Crippen molar-refractivity contribution in [3.63, 3.8) is 0 Å². The summed E-state index contributed by atoms with van der Waals surface area (Å²) in [6.07, 6.45) is 0. The molecule has 0 bridgehead atoms. The number of hydrogen-bond donors (Lipinski definition) is 1. The van der Waals surface area contributed by atoms with Crippen LogP contribution in [0.1, 0.15) is 37.3 Å². The summed E-state index contributed by atoms with van der Waals surface area (Å²) in [5.74, 6) is 0. The Balaban J connectivity index is 2.30. The van der Waals surface area contributed by atoms with E-state index in [2.05, 4.69) is 70.4 Å². The minimum absolute atomic E-state index is 0.0603. The zero-order valence-electron chi connectivity index (χ0n) is 12.1. The molecule has 0 saturated heterocycles. The van der Waals surface area contributed by atoms with Crippen molar-refractivity contribution in [2.24, 2.45) is 5.73 Å². The van der Waals surface area contributed by atoms with Gasteiger partial charge >= 0.3 is 0 Å². The molecular weight excluding hydrogens is 332 g/mol. The first kappa shape index (κ1) is 15.5. The Morgan fingerprint density at radius 1 is 1.25 bits per heavy atom. The van der Waals surface area contributed by atoms with Crippen LogP contribution in [0.25, 0.3) is 0 Å². The maximum Gasteiger partial charge on any atom is 0.0526 e. The highest BCUT2D eigenvalue weighted by molar-refractivity contribution is 9.10. The van der Waals surface area contributed by atoms with Gasteiger partial charge in [-0.05, 0) is 65.8 Å². The second kappa shape index (κ2) is 6.74.